The maximum absolute atomic E-state index is 11.3. The molecule has 1 aliphatic heterocycles. The molecule has 1 unspecified atom stereocenters. The smallest absolute Gasteiger partial charge is 0.355 e. The maximum atomic E-state index is 11.3. The van der Waals surface area contributed by atoms with E-state index in [9.17, 15) is 9.90 Å². The van der Waals surface area contributed by atoms with E-state index in [0.29, 0.717) is 6.04 Å². The summed E-state index contributed by atoms with van der Waals surface area (Å²) in [6.07, 6.45) is 3.70. The summed E-state index contributed by atoms with van der Waals surface area (Å²) in [4.78, 5) is 18.9. The first-order valence-electron chi connectivity index (χ1n) is 6.96. The van der Waals surface area contributed by atoms with Crippen LogP contribution in [0.4, 0.5) is 0 Å². The van der Waals surface area contributed by atoms with Crippen LogP contribution < -0.4 is 0 Å². The van der Waals surface area contributed by atoms with Gasteiger partial charge in [-0.25, -0.2) is 9.78 Å². The summed E-state index contributed by atoms with van der Waals surface area (Å²) in [7, 11) is 0. The third-order valence-electron chi connectivity index (χ3n) is 3.70. The molecule has 1 atom stereocenters. The van der Waals surface area contributed by atoms with Gasteiger partial charge in [0.25, 0.3) is 0 Å². The van der Waals surface area contributed by atoms with Crippen LogP contribution in [0.25, 0.3) is 0 Å². The van der Waals surface area contributed by atoms with Crippen LogP contribution in [0.2, 0.25) is 0 Å². The van der Waals surface area contributed by atoms with Gasteiger partial charge in [-0.05, 0) is 26.3 Å². The van der Waals surface area contributed by atoms with Crippen LogP contribution in [0, 0.1) is 0 Å². The molecular weight excluding hydrogens is 260 g/mol. The summed E-state index contributed by atoms with van der Waals surface area (Å²) in [5, 5.41) is 10.2. The van der Waals surface area contributed by atoms with Crippen LogP contribution in [0.5, 0.6) is 0 Å². The topological polar surface area (TPSA) is 53.4 Å². The zero-order valence-electron chi connectivity index (χ0n) is 11.8. The summed E-state index contributed by atoms with van der Waals surface area (Å²) in [5.74, 6) is -0.613. The van der Waals surface area contributed by atoms with Gasteiger partial charge in [-0.2, -0.15) is 0 Å². The first-order chi connectivity index (χ1) is 8.99. The fourth-order valence-electron chi connectivity index (χ4n) is 2.47. The highest BCUT2D eigenvalue weighted by Gasteiger charge is 2.24. The van der Waals surface area contributed by atoms with Gasteiger partial charge in [-0.3, -0.25) is 4.90 Å². The van der Waals surface area contributed by atoms with E-state index in [1.165, 1.54) is 19.3 Å². The second-order valence-electron chi connectivity index (χ2n) is 5.60. The summed E-state index contributed by atoms with van der Waals surface area (Å²) in [6, 6.07) is 0.542. The Morgan fingerprint density at radius 3 is 2.84 bits per heavy atom. The molecule has 5 heteroatoms. The lowest BCUT2D eigenvalue weighted by Crippen LogP contribution is -2.36. The van der Waals surface area contributed by atoms with Crippen LogP contribution in [0.1, 0.15) is 66.3 Å². The molecule has 0 spiro atoms. The summed E-state index contributed by atoms with van der Waals surface area (Å²) in [5.41, 5.74) is 0.256. The van der Waals surface area contributed by atoms with Gasteiger partial charge in [0.15, 0.2) is 5.69 Å². The molecule has 106 valence electrons. The largest absolute Gasteiger partial charge is 0.476 e. The SMILES string of the molecule is CC(C)c1nc(C(=O)O)c(CN2CCCCC2C)s1. The number of nitrogens with zero attached hydrogens (tertiary/aromatic N) is 2. The van der Waals surface area contributed by atoms with Crippen molar-refractivity contribution in [1.29, 1.82) is 0 Å². The van der Waals surface area contributed by atoms with E-state index < -0.39 is 5.97 Å². The van der Waals surface area contributed by atoms with Crippen molar-refractivity contribution in [2.45, 2.75) is 58.5 Å². The molecule has 19 heavy (non-hydrogen) atoms. The fraction of sp³-hybridized carbons (Fsp3) is 0.714. The zero-order chi connectivity index (χ0) is 14.0. The van der Waals surface area contributed by atoms with Crippen LogP contribution >= 0.6 is 11.3 Å². The van der Waals surface area contributed by atoms with Crippen molar-refractivity contribution in [3.8, 4) is 0 Å². The number of carbonyl (C=O) groups is 1. The zero-order valence-corrected chi connectivity index (χ0v) is 12.7. The Hall–Kier alpha value is -0.940. The molecular formula is C14H22N2O2S. The summed E-state index contributed by atoms with van der Waals surface area (Å²) in [6.45, 7) is 8.13. The number of carboxylic acids is 1. The standard InChI is InChI=1S/C14H22N2O2S/c1-9(2)13-15-12(14(17)18)11(19-13)8-16-7-5-4-6-10(16)3/h9-10H,4-8H2,1-3H3,(H,17,18). The second-order valence-corrected chi connectivity index (χ2v) is 6.71. The van der Waals surface area contributed by atoms with Gasteiger partial charge in [0, 0.05) is 18.5 Å². The number of likely N-dealkylation sites (tertiary alicyclic amines) is 1. The van der Waals surface area contributed by atoms with Crippen molar-refractivity contribution < 1.29 is 9.90 Å². The average molecular weight is 282 g/mol. The van der Waals surface area contributed by atoms with E-state index in [2.05, 4.69) is 30.7 Å². The predicted molar refractivity (Wildman–Crippen MR) is 76.9 cm³/mol. The molecule has 1 saturated heterocycles. The number of aromatic carboxylic acids is 1. The number of hydrogen-bond donors (Lipinski definition) is 1. The normalized spacial score (nSPS) is 20.9. The Kier molecular flexibility index (Phi) is 4.58. The molecule has 1 aromatic rings. The molecule has 0 radical (unpaired) electrons. The first kappa shape index (κ1) is 14.5. The lowest BCUT2D eigenvalue weighted by Gasteiger charge is -2.32. The van der Waals surface area contributed by atoms with E-state index in [1.54, 1.807) is 11.3 Å². The van der Waals surface area contributed by atoms with E-state index >= 15 is 0 Å². The van der Waals surface area contributed by atoms with E-state index in [4.69, 9.17) is 0 Å². The monoisotopic (exact) mass is 282 g/mol. The van der Waals surface area contributed by atoms with Gasteiger partial charge in [0.1, 0.15) is 0 Å². The van der Waals surface area contributed by atoms with Gasteiger partial charge in [-0.15, -0.1) is 11.3 Å². The highest BCUT2D eigenvalue weighted by Crippen LogP contribution is 2.28. The minimum absolute atomic E-state index is 0.256. The third-order valence-corrected chi connectivity index (χ3v) is 5.04. The molecule has 0 aromatic carbocycles. The van der Waals surface area contributed by atoms with Crippen molar-refractivity contribution in [2.75, 3.05) is 6.54 Å². The van der Waals surface area contributed by atoms with Gasteiger partial charge in [0.05, 0.1) is 9.88 Å². The van der Waals surface area contributed by atoms with Crippen molar-refractivity contribution in [3.63, 3.8) is 0 Å². The fourth-order valence-corrected chi connectivity index (χ4v) is 3.55. The Morgan fingerprint density at radius 2 is 2.26 bits per heavy atom. The summed E-state index contributed by atoms with van der Waals surface area (Å²) >= 11 is 1.56. The molecule has 0 saturated carbocycles. The van der Waals surface area contributed by atoms with Crippen LogP contribution in [-0.4, -0.2) is 33.5 Å². The minimum Gasteiger partial charge on any atom is -0.476 e. The van der Waals surface area contributed by atoms with Crippen molar-refractivity contribution >= 4 is 17.3 Å². The molecule has 1 N–H and O–H groups in total. The van der Waals surface area contributed by atoms with E-state index in [0.717, 1.165) is 23.0 Å². The highest BCUT2D eigenvalue weighted by atomic mass is 32.1. The number of hydrogen-bond acceptors (Lipinski definition) is 4. The number of rotatable bonds is 4. The van der Waals surface area contributed by atoms with Crippen molar-refractivity contribution in [1.82, 2.24) is 9.88 Å². The molecule has 0 aliphatic carbocycles. The Bertz CT molecular complexity index is 456. The Labute approximate surface area is 118 Å². The first-order valence-corrected chi connectivity index (χ1v) is 7.77. The van der Waals surface area contributed by atoms with Gasteiger partial charge in [-0.1, -0.05) is 20.3 Å². The average Bonchev–Trinajstić information content (AvgIpc) is 2.76. The highest BCUT2D eigenvalue weighted by molar-refractivity contribution is 7.12. The number of aromatic nitrogens is 1. The predicted octanol–water partition coefficient (Wildman–Crippen LogP) is 3.34. The number of carboxylic acid groups (broad SMARTS) is 1. The molecule has 0 amide bonds. The molecule has 2 heterocycles. The lowest BCUT2D eigenvalue weighted by atomic mass is 10.0. The second kappa shape index (κ2) is 6.01. The minimum atomic E-state index is -0.900. The lowest BCUT2D eigenvalue weighted by molar-refractivity contribution is 0.0687. The summed E-state index contributed by atoms with van der Waals surface area (Å²) < 4.78 is 0. The van der Waals surface area contributed by atoms with Crippen molar-refractivity contribution in [2.24, 2.45) is 0 Å². The van der Waals surface area contributed by atoms with Crippen LogP contribution in [0.3, 0.4) is 0 Å². The van der Waals surface area contributed by atoms with Gasteiger partial charge >= 0.3 is 5.97 Å². The molecule has 1 fully saturated rings. The van der Waals surface area contributed by atoms with E-state index in [-0.39, 0.29) is 11.6 Å². The number of thiazole rings is 1. The Balaban J connectivity index is 2.20. The van der Waals surface area contributed by atoms with Crippen molar-refractivity contribution in [3.05, 3.63) is 15.6 Å². The molecule has 4 nitrogen and oxygen atoms in total. The third kappa shape index (κ3) is 3.34. The molecule has 2 rings (SSSR count). The molecule has 1 aliphatic rings. The van der Waals surface area contributed by atoms with E-state index in [1.807, 2.05) is 0 Å². The molecule has 0 bridgehead atoms. The quantitative estimate of drug-likeness (QED) is 0.920. The van der Waals surface area contributed by atoms with Gasteiger partial charge in [0.2, 0.25) is 0 Å². The maximum Gasteiger partial charge on any atom is 0.355 e. The van der Waals surface area contributed by atoms with Gasteiger partial charge < -0.3 is 5.11 Å². The molecule has 1 aromatic heterocycles. The number of piperidine rings is 1. The van der Waals surface area contributed by atoms with Crippen LogP contribution in [-0.2, 0) is 6.54 Å². The van der Waals surface area contributed by atoms with Crippen LogP contribution in [0.15, 0.2) is 0 Å². The Morgan fingerprint density at radius 1 is 1.53 bits per heavy atom.